The Balaban J connectivity index is 2.15. The minimum absolute atomic E-state index is 0.580. The van der Waals surface area contributed by atoms with E-state index in [1.807, 2.05) is 0 Å². The van der Waals surface area contributed by atoms with Crippen LogP contribution in [0.25, 0.3) is 11.0 Å². The van der Waals surface area contributed by atoms with Gasteiger partial charge < -0.3 is 4.57 Å². The second kappa shape index (κ2) is 6.39. The molecule has 1 aromatic heterocycles. The summed E-state index contributed by atoms with van der Waals surface area (Å²) < 4.78 is 2.53. The minimum Gasteiger partial charge on any atom is -0.324 e. The Bertz CT molecular complexity index is 617. The molecular weight excluding hydrogens is 280 g/mol. The molecule has 3 heteroatoms. The summed E-state index contributed by atoms with van der Waals surface area (Å²) in [5.74, 6) is 2.54. The molecule has 2 aromatic rings. The van der Waals surface area contributed by atoms with Gasteiger partial charge >= 0.3 is 0 Å². The number of benzene rings is 1. The number of imidazole rings is 1. The Morgan fingerprint density at radius 3 is 2.86 bits per heavy atom. The third-order valence-electron chi connectivity index (χ3n) is 4.95. The molecule has 0 aliphatic heterocycles. The van der Waals surface area contributed by atoms with Gasteiger partial charge in [0.2, 0.25) is 0 Å². The lowest BCUT2D eigenvalue weighted by Crippen LogP contribution is -2.19. The number of nitrogens with zero attached hydrogens (tertiary/aromatic N) is 2. The molecule has 2 atom stereocenters. The smallest absolute Gasteiger partial charge is 0.111 e. The lowest BCUT2D eigenvalue weighted by molar-refractivity contribution is 0.333. The van der Waals surface area contributed by atoms with Gasteiger partial charge in [-0.2, -0.15) is 0 Å². The van der Waals surface area contributed by atoms with Gasteiger partial charge in [-0.1, -0.05) is 38.3 Å². The topological polar surface area (TPSA) is 17.8 Å². The van der Waals surface area contributed by atoms with Crippen molar-refractivity contribution in [2.45, 2.75) is 58.4 Å². The predicted octanol–water partition coefficient (Wildman–Crippen LogP) is 5.27. The highest BCUT2D eigenvalue weighted by molar-refractivity contribution is 6.17. The van der Waals surface area contributed by atoms with Crippen LogP contribution in [0.15, 0.2) is 18.2 Å². The van der Waals surface area contributed by atoms with E-state index in [1.54, 1.807) is 0 Å². The molecule has 1 heterocycles. The number of aryl methyl sites for hydroxylation is 2. The highest BCUT2D eigenvalue weighted by Crippen LogP contribution is 2.36. The van der Waals surface area contributed by atoms with Crippen LogP contribution in [0.5, 0.6) is 0 Å². The minimum atomic E-state index is 0.580. The standard InChI is InChI=1S/C18H25ClN2/c1-13-7-4-3-5-10-16(13)21-17(11-12-19)20-15-9-6-8-14(2)18(15)21/h6,8-9,13,16H,3-5,7,10-12H2,1-2H3. The summed E-state index contributed by atoms with van der Waals surface area (Å²) in [7, 11) is 0. The van der Waals surface area contributed by atoms with Crippen LogP contribution in [-0.4, -0.2) is 15.4 Å². The first-order valence-electron chi connectivity index (χ1n) is 8.24. The first-order valence-corrected chi connectivity index (χ1v) is 8.78. The number of aromatic nitrogens is 2. The number of alkyl halides is 1. The van der Waals surface area contributed by atoms with Gasteiger partial charge in [0.15, 0.2) is 0 Å². The van der Waals surface area contributed by atoms with E-state index in [0.29, 0.717) is 11.9 Å². The third kappa shape index (κ3) is 2.83. The van der Waals surface area contributed by atoms with Crippen LogP contribution >= 0.6 is 11.6 Å². The molecule has 0 radical (unpaired) electrons. The second-order valence-electron chi connectivity index (χ2n) is 6.46. The van der Waals surface area contributed by atoms with Crippen molar-refractivity contribution < 1.29 is 0 Å². The van der Waals surface area contributed by atoms with E-state index in [1.165, 1.54) is 49.0 Å². The predicted molar refractivity (Wildman–Crippen MR) is 90.2 cm³/mol. The molecule has 1 aliphatic carbocycles. The van der Waals surface area contributed by atoms with Gasteiger partial charge in [0.25, 0.3) is 0 Å². The first kappa shape index (κ1) is 14.9. The van der Waals surface area contributed by atoms with Crippen LogP contribution in [0.3, 0.4) is 0 Å². The summed E-state index contributed by atoms with van der Waals surface area (Å²) in [5, 5.41) is 0. The van der Waals surface area contributed by atoms with Crippen LogP contribution in [-0.2, 0) is 6.42 Å². The average Bonchev–Trinajstić information content (AvgIpc) is 2.69. The number of halogens is 1. The van der Waals surface area contributed by atoms with Gasteiger partial charge in [-0.25, -0.2) is 4.98 Å². The molecular formula is C18H25ClN2. The number of fused-ring (bicyclic) bond motifs is 1. The van der Waals surface area contributed by atoms with Crippen LogP contribution in [0, 0.1) is 12.8 Å². The van der Waals surface area contributed by atoms with Crippen LogP contribution in [0.2, 0.25) is 0 Å². The third-order valence-corrected chi connectivity index (χ3v) is 5.14. The van der Waals surface area contributed by atoms with Crippen molar-refractivity contribution in [2.75, 3.05) is 5.88 Å². The van der Waals surface area contributed by atoms with E-state index in [2.05, 4.69) is 36.6 Å². The molecule has 21 heavy (non-hydrogen) atoms. The monoisotopic (exact) mass is 304 g/mol. The molecule has 0 spiro atoms. The Morgan fingerprint density at radius 2 is 2.05 bits per heavy atom. The summed E-state index contributed by atoms with van der Waals surface area (Å²) in [5.41, 5.74) is 3.79. The maximum atomic E-state index is 6.03. The van der Waals surface area contributed by atoms with Crippen LogP contribution < -0.4 is 0 Å². The zero-order chi connectivity index (χ0) is 14.8. The molecule has 0 N–H and O–H groups in total. The summed E-state index contributed by atoms with van der Waals surface area (Å²) >= 11 is 6.03. The van der Waals surface area contributed by atoms with Gasteiger partial charge in [-0.15, -0.1) is 11.6 Å². The molecule has 1 aromatic carbocycles. The fraction of sp³-hybridized carbons (Fsp3) is 0.611. The maximum Gasteiger partial charge on any atom is 0.111 e. The fourth-order valence-electron chi connectivity index (χ4n) is 3.84. The van der Waals surface area contributed by atoms with Crippen molar-refractivity contribution in [1.82, 2.24) is 9.55 Å². The summed E-state index contributed by atoms with van der Waals surface area (Å²) in [6.07, 6.45) is 7.54. The highest BCUT2D eigenvalue weighted by Gasteiger charge is 2.26. The Hall–Kier alpha value is -1.02. The van der Waals surface area contributed by atoms with Gasteiger partial charge in [0.05, 0.1) is 11.0 Å². The molecule has 3 rings (SSSR count). The van der Waals surface area contributed by atoms with Crippen LogP contribution in [0.4, 0.5) is 0 Å². The van der Waals surface area contributed by atoms with Crippen molar-refractivity contribution in [1.29, 1.82) is 0 Å². The number of para-hydroxylation sites is 1. The van der Waals surface area contributed by atoms with Gasteiger partial charge in [0, 0.05) is 18.3 Å². The fourth-order valence-corrected chi connectivity index (χ4v) is 4.01. The average molecular weight is 305 g/mol. The molecule has 0 saturated heterocycles. The Labute approximate surface area is 132 Å². The molecule has 1 saturated carbocycles. The van der Waals surface area contributed by atoms with E-state index in [4.69, 9.17) is 16.6 Å². The zero-order valence-corrected chi connectivity index (χ0v) is 13.9. The van der Waals surface area contributed by atoms with E-state index in [0.717, 1.165) is 17.9 Å². The summed E-state index contributed by atoms with van der Waals surface area (Å²) in [6.45, 7) is 4.61. The van der Waals surface area contributed by atoms with Crippen molar-refractivity contribution in [3.63, 3.8) is 0 Å². The van der Waals surface area contributed by atoms with Crippen molar-refractivity contribution in [2.24, 2.45) is 5.92 Å². The lowest BCUT2D eigenvalue weighted by Gasteiger charge is -2.26. The maximum absolute atomic E-state index is 6.03. The Kier molecular flexibility index (Phi) is 4.54. The van der Waals surface area contributed by atoms with Gasteiger partial charge in [-0.3, -0.25) is 0 Å². The molecule has 2 nitrogen and oxygen atoms in total. The first-order chi connectivity index (χ1) is 10.2. The van der Waals surface area contributed by atoms with Crippen LogP contribution in [0.1, 0.15) is 56.5 Å². The zero-order valence-electron chi connectivity index (χ0n) is 13.1. The highest BCUT2D eigenvalue weighted by atomic mass is 35.5. The quantitative estimate of drug-likeness (QED) is 0.558. The summed E-state index contributed by atoms with van der Waals surface area (Å²) in [6, 6.07) is 7.03. The molecule has 1 aliphatic rings. The van der Waals surface area contributed by atoms with Crippen molar-refractivity contribution in [3.8, 4) is 0 Å². The number of rotatable bonds is 3. The molecule has 114 valence electrons. The lowest BCUT2D eigenvalue weighted by atomic mass is 9.96. The van der Waals surface area contributed by atoms with Crippen molar-refractivity contribution in [3.05, 3.63) is 29.6 Å². The largest absolute Gasteiger partial charge is 0.324 e. The second-order valence-corrected chi connectivity index (χ2v) is 6.84. The molecule has 1 fully saturated rings. The van der Waals surface area contributed by atoms with Crippen molar-refractivity contribution >= 4 is 22.6 Å². The van der Waals surface area contributed by atoms with Gasteiger partial charge in [0.1, 0.15) is 5.82 Å². The SMILES string of the molecule is Cc1cccc2nc(CCCl)n(C3CCCCCC3C)c12. The molecule has 2 unspecified atom stereocenters. The Morgan fingerprint density at radius 1 is 1.24 bits per heavy atom. The number of hydrogen-bond donors (Lipinski definition) is 0. The van der Waals surface area contributed by atoms with E-state index < -0.39 is 0 Å². The molecule has 0 bridgehead atoms. The normalized spacial score (nSPS) is 23.4. The van der Waals surface area contributed by atoms with E-state index in [9.17, 15) is 0 Å². The van der Waals surface area contributed by atoms with Gasteiger partial charge in [-0.05, 0) is 37.3 Å². The van der Waals surface area contributed by atoms with E-state index in [-0.39, 0.29) is 0 Å². The molecule has 0 amide bonds. The summed E-state index contributed by atoms with van der Waals surface area (Å²) in [4.78, 5) is 4.88. The number of hydrogen-bond acceptors (Lipinski definition) is 1. The van der Waals surface area contributed by atoms with E-state index >= 15 is 0 Å².